The van der Waals surface area contributed by atoms with Gasteiger partial charge in [-0.05, 0) is 53.8 Å². The fraction of sp³-hybridized carbons (Fsp3) is 0.250. The number of ether oxygens (including phenoxy) is 1. The zero-order chi connectivity index (χ0) is 14.5. The molecule has 0 spiro atoms. The van der Waals surface area contributed by atoms with Crippen molar-refractivity contribution in [3.05, 3.63) is 62.5 Å². The first-order valence-corrected chi connectivity index (χ1v) is 8.98. The lowest BCUT2D eigenvalue weighted by Crippen LogP contribution is -2.05. The van der Waals surface area contributed by atoms with Crippen molar-refractivity contribution >= 4 is 47.8 Å². The maximum Gasteiger partial charge on any atom is 0.119 e. The number of benzene rings is 2. The molecule has 4 heteroatoms. The summed E-state index contributed by atoms with van der Waals surface area (Å²) in [4.78, 5) is 0. The molecule has 0 saturated carbocycles. The Bertz CT molecular complexity index is 584. The van der Waals surface area contributed by atoms with Crippen molar-refractivity contribution in [1.82, 2.24) is 0 Å². The Hall–Kier alpha value is -0.320. The molecule has 0 bridgehead atoms. The Balaban J connectivity index is 2.26. The maximum atomic E-state index is 5.31. The number of alkyl halides is 1. The van der Waals surface area contributed by atoms with E-state index in [0.717, 1.165) is 26.4 Å². The first-order valence-electron chi connectivity index (χ1n) is 6.28. The Kier molecular flexibility index (Phi) is 6.12. The second-order valence-corrected chi connectivity index (χ2v) is 6.99. The van der Waals surface area contributed by atoms with Crippen LogP contribution < -0.4 is 4.74 Å². The number of rotatable bonds is 5. The van der Waals surface area contributed by atoms with Crippen LogP contribution in [0, 0.1) is 0 Å². The molecule has 1 nitrogen and oxygen atoms in total. The van der Waals surface area contributed by atoms with Crippen molar-refractivity contribution in [1.29, 1.82) is 0 Å². The highest BCUT2D eigenvalue weighted by Gasteiger charge is 2.14. The molecule has 0 aromatic heterocycles. The van der Waals surface area contributed by atoms with E-state index in [1.54, 1.807) is 7.11 Å². The molecule has 1 unspecified atom stereocenters. The first-order chi connectivity index (χ1) is 9.63. The lowest BCUT2D eigenvalue weighted by atomic mass is 9.94. The molecular weight excluding hydrogens is 448 g/mol. The van der Waals surface area contributed by atoms with Crippen LogP contribution in [0.3, 0.4) is 0 Å². The van der Waals surface area contributed by atoms with Gasteiger partial charge in [-0.15, -0.1) is 0 Å². The van der Waals surface area contributed by atoms with Gasteiger partial charge in [-0.1, -0.05) is 59.9 Å². The third-order valence-corrected chi connectivity index (χ3v) is 5.27. The van der Waals surface area contributed by atoms with Crippen LogP contribution in [-0.2, 0) is 6.42 Å². The summed E-state index contributed by atoms with van der Waals surface area (Å²) in [7, 11) is 1.70. The van der Waals surface area contributed by atoms with Crippen LogP contribution in [0.2, 0.25) is 0 Å². The van der Waals surface area contributed by atoms with Gasteiger partial charge in [-0.2, -0.15) is 0 Å². The van der Waals surface area contributed by atoms with E-state index in [0.29, 0.717) is 5.92 Å². The molecule has 0 fully saturated rings. The molecule has 2 aromatic carbocycles. The van der Waals surface area contributed by atoms with E-state index in [1.165, 1.54) is 11.1 Å². The lowest BCUT2D eigenvalue weighted by molar-refractivity contribution is 0.414. The smallest absolute Gasteiger partial charge is 0.119 e. The zero-order valence-electron chi connectivity index (χ0n) is 11.1. The van der Waals surface area contributed by atoms with Crippen molar-refractivity contribution in [2.24, 2.45) is 0 Å². The molecular formula is C16H15Br3O. The Morgan fingerprint density at radius 3 is 2.55 bits per heavy atom. The van der Waals surface area contributed by atoms with Gasteiger partial charge < -0.3 is 4.74 Å². The van der Waals surface area contributed by atoms with E-state index >= 15 is 0 Å². The Labute approximate surface area is 145 Å². The molecule has 0 heterocycles. The summed E-state index contributed by atoms with van der Waals surface area (Å²) < 4.78 is 7.55. The SMILES string of the molecule is COc1ccc(Br)c(CC(CBr)c2cccc(Br)c2)c1. The van der Waals surface area contributed by atoms with E-state index in [2.05, 4.69) is 78.1 Å². The molecule has 2 rings (SSSR count). The van der Waals surface area contributed by atoms with Gasteiger partial charge in [0.25, 0.3) is 0 Å². The van der Waals surface area contributed by atoms with Crippen molar-refractivity contribution < 1.29 is 4.74 Å². The lowest BCUT2D eigenvalue weighted by Gasteiger charge is -2.16. The van der Waals surface area contributed by atoms with Gasteiger partial charge in [0, 0.05) is 14.3 Å². The highest BCUT2D eigenvalue weighted by Crippen LogP contribution is 2.30. The Morgan fingerprint density at radius 2 is 1.90 bits per heavy atom. The molecule has 0 aliphatic rings. The topological polar surface area (TPSA) is 9.23 Å². The quantitative estimate of drug-likeness (QED) is 0.499. The summed E-state index contributed by atoms with van der Waals surface area (Å²) in [5.41, 5.74) is 2.58. The zero-order valence-corrected chi connectivity index (χ0v) is 15.8. The predicted molar refractivity (Wildman–Crippen MR) is 95.1 cm³/mol. The minimum Gasteiger partial charge on any atom is -0.497 e. The number of hydrogen-bond donors (Lipinski definition) is 0. The number of hydrogen-bond acceptors (Lipinski definition) is 1. The third kappa shape index (κ3) is 4.09. The first kappa shape index (κ1) is 16.1. The largest absolute Gasteiger partial charge is 0.497 e. The fourth-order valence-electron chi connectivity index (χ4n) is 2.12. The van der Waals surface area contributed by atoms with E-state index in [4.69, 9.17) is 4.74 Å². The molecule has 0 aliphatic carbocycles. The van der Waals surface area contributed by atoms with Crippen LogP contribution in [0.25, 0.3) is 0 Å². The van der Waals surface area contributed by atoms with Gasteiger partial charge in [-0.25, -0.2) is 0 Å². The fourth-order valence-corrected chi connectivity index (χ4v) is 3.55. The minimum absolute atomic E-state index is 0.427. The van der Waals surface area contributed by atoms with Gasteiger partial charge >= 0.3 is 0 Å². The second kappa shape index (κ2) is 7.62. The molecule has 1 atom stereocenters. The summed E-state index contributed by atoms with van der Waals surface area (Å²) in [5.74, 6) is 1.32. The highest BCUT2D eigenvalue weighted by molar-refractivity contribution is 9.10. The molecule has 2 aromatic rings. The van der Waals surface area contributed by atoms with Gasteiger partial charge in [0.1, 0.15) is 5.75 Å². The average molecular weight is 463 g/mol. The van der Waals surface area contributed by atoms with Gasteiger partial charge in [0.15, 0.2) is 0 Å². The van der Waals surface area contributed by atoms with Gasteiger partial charge in [0.05, 0.1) is 7.11 Å². The summed E-state index contributed by atoms with van der Waals surface area (Å²) in [5, 5.41) is 0.924. The molecule has 0 N–H and O–H groups in total. The number of methoxy groups -OCH3 is 1. The number of halogens is 3. The summed E-state index contributed by atoms with van der Waals surface area (Å²) in [6.07, 6.45) is 0.958. The monoisotopic (exact) mass is 460 g/mol. The van der Waals surface area contributed by atoms with Gasteiger partial charge in [0.2, 0.25) is 0 Å². The molecule has 0 aliphatic heterocycles. The molecule has 106 valence electrons. The minimum atomic E-state index is 0.427. The van der Waals surface area contributed by atoms with Crippen molar-refractivity contribution in [3.63, 3.8) is 0 Å². The second-order valence-electron chi connectivity index (χ2n) is 4.57. The van der Waals surface area contributed by atoms with Crippen LogP contribution in [0.4, 0.5) is 0 Å². The third-order valence-electron chi connectivity index (χ3n) is 3.23. The maximum absolute atomic E-state index is 5.31. The summed E-state index contributed by atoms with van der Waals surface area (Å²) in [6.45, 7) is 0. The average Bonchev–Trinajstić information content (AvgIpc) is 2.46. The molecule has 0 radical (unpaired) electrons. The Morgan fingerprint density at radius 1 is 1.10 bits per heavy atom. The van der Waals surface area contributed by atoms with E-state index in [1.807, 2.05) is 12.1 Å². The van der Waals surface area contributed by atoms with Crippen LogP contribution in [-0.4, -0.2) is 12.4 Å². The highest BCUT2D eigenvalue weighted by atomic mass is 79.9. The van der Waals surface area contributed by atoms with Crippen LogP contribution in [0.5, 0.6) is 5.75 Å². The molecule has 20 heavy (non-hydrogen) atoms. The van der Waals surface area contributed by atoms with Crippen LogP contribution >= 0.6 is 47.8 Å². The van der Waals surface area contributed by atoms with Crippen molar-refractivity contribution in [2.45, 2.75) is 12.3 Å². The van der Waals surface area contributed by atoms with Crippen LogP contribution in [0.15, 0.2) is 51.4 Å². The van der Waals surface area contributed by atoms with E-state index in [-0.39, 0.29) is 0 Å². The standard InChI is InChI=1S/C16H15Br3O/c1-20-15-5-6-16(19)12(9-15)7-13(10-17)11-3-2-4-14(18)8-11/h2-6,8-9,13H,7,10H2,1H3. The molecule has 0 saturated heterocycles. The van der Waals surface area contributed by atoms with Crippen molar-refractivity contribution in [2.75, 3.05) is 12.4 Å². The summed E-state index contributed by atoms with van der Waals surface area (Å²) >= 11 is 10.8. The van der Waals surface area contributed by atoms with Crippen molar-refractivity contribution in [3.8, 4) is 5.75 Å². The van der Waals surface area contributed by atoms with Crippen LogP contribution in [0.1, 0.15) is 17.0 Å². The van der Waals surface area contributed by atoms with E-state index < -0.39 is 0 Å². The molecule has 0 amide bonds. The summed E-state index contributed by atoms with van der Waals surface area (Å²) in [6, 6.07) is 14.6. The van der Waals surface area contributed by atoms with Gasteiger partial charge in [-0.3, -0.25) is 0 Å². The normalized spacial score (nSPS) is 12.2. The predicted octanol–water partition coefficient (Wildman–Crippen LogP) is 5.94. The van der Waals surface area contributed by atoms with E-state index in [9.17, 15) is 0 Å².